The summed E-state index contributed by atoms with van der Waals surface area (Å²) in [5, 5.41) is 18.2. The highest BCUT2D eigenvalue weighted by molar-refractivity contribution is 5.87. The molecule has 0 aliphatic rings. The Bertz CT molecular complexity index is 597. The van der Waals surface area contributed by atoms with Gasteiger partial charge in [-0.1, -0.05) is 24.3 Å². The summed E-state index contributed by atoms with van der Waals surface area (Å²) in [6, 6.07) is 11.7. The van der Waals surface area contributed by atoms with Gasteiger partial charge in [-0.2, -0.15) is 0 Å². The van der Waals surface area contributed by atoms with Crippen molar-refractivity contribution in [3.63, 3.8) is 0 Å². The lowest BCUT2D eigenvalue weighted by Gasteiger charge is -2.14. The highest BCUT2D eigenvalue weighted by Crippen LogP contribution is 2.31. The topological polar surface area (TPSA) is 76.0 Å². The number of aliphatic hydroxyl groups excluding tert-OH is 1. The number of aliphatic hydroxyl groups is 1. The monoisotopic (exact) mass is 288 g/mol. The summed E-state index contributed by atoms with van der Waals surface area (Å²) in [7, 11) is 1.53. The number of ether oxygens (including phenoxy) is 2. The predicted octanol–water partition coefficient (Wildman–Crippen LogP) is 2.46. The molecule has 0 saturated heterocycles. The number of carboxylic acids is 1. The van der Waals surface area contributed by atoms with Gasteiger partial charge in [0, 0.05) is 5.56 Å². The Morgan fingerprint density at radius 2 is 1.86 bits per heavy atom. The van der Waals surface area contributed by atoms with Gasteiger partial charge in [-0.15, -0.1) is 0 Å². The van der Waals surface area contributed by atoms with Gasteiger partial charge in [-0.25, -0.2) is 4.79 Å². The Kier molecular flexibility index (Phi) is 4.79. The van der Waals surface area contributed by atoms with Crippen molar-refractivity contribution in [2.75, 3.05) is 7.11 Å². The molecule has 2 aromatic rings. The van der Waals surface area contributed by atoms with E-state index in [4.69, 9.17) is 14.6 Å². The van der Waals surface area contributed by atoms with Gasteiger partial charge in [0.25, 0.3) is 0 Å². The highest BCUT2D eigenvalue weighted by Gasteiger charge is 2.10. The Morgan fingerprint density at radius 1 is 1.14 bits per heavy atom. The zero-order valence-corrected chi connectivity index (χ0v) is 11.6. The Hall–Kier alpha value is -2.53. The van der Waals surface area contributed by atoms with Crippen LogP contribution in [-0.4, -0.2) is 23.3 Å². The van der Waals surface area contributed by atoms with Crippen molar-refractivity contribution in [3.8, 4) is 11.5 Å². The summed E-state index contributed by atoms with van der Waals surface area (Å²) < 4.78 is 10.9. The Balaban J connectivity index is 2.14. The molecule has 2 aromatic carbocycles. The van der Waals surface area contributed by atoms with E-state index in [-0.39, 0.29) is 18.8 Å². The first kappa shape index (κ1) is 14.9. The second kappa shape index (κ2) is 6.76. The number of benzene rings is 2. The SMILES string of the molecule is COc1cccc(CO)c1OCc1ccc(C(=O)O)cc1. The fourth-order valence-corrected chi connectivity index (χ4v) is 1.91. The number of hydrogen-bond donors (Lipinski definition) is 2. The Morgan fingerprint density at radius 3 is 2.43 bits per heavy atom. The number of para-hydroxylation sites is 1. The van der Waals surface area contributed by atoms with Crippen molar-refractivity contribution in [3.05, 3.63) is 59.2 Å². The third-order valence-corrected chi connectivity index (χ3v) is 3.03. The predicted molar refractivity (Wildman–Crippen MR) is 76.7 cm³/mol. The fraction of sp³-hybridized carbons (Fsp3) is 0.188. The minimum Gasteiger partial charge on any atom is -0.493 e. The summed E-state index contributed by atoms with van der Waals surface area (Å²) in [5.74, 6) is 0.0725. The van der Waals surface area contributed by atoms with Gasteiger partial charge in [-0.3, -0.25) is 0 Å². The van der Waals surface area contributed by atoms with Crippen LogP contribution >= 0.6 is 0 Å². The first-order valence-corrected chi connectivity index (χ1v) is 6.37. The van der Waals surface area contributed by atoms with E-state index in [2.05, 4.69) is 0 Å². The van der Waals surface area contributed by atoms with E-state index in [0.29, 0.717) is 17.1 Å². The molecule has 0 heterocycles. The summed E-state index contributed by atoms with van der Waals surface area (Å²) in [5.41, 5.74) is 1.69. The number of aromatic carboxylic acids is 1. The molecule has 0 bridgehead atoms. The molecule has 21 heavy (non-hydrogen) atoms. The second-order valence-electron chi connectivity index (χ2n) is 4.40. The van der Waals surface area contributed by atoms with Gasteiger partial charge >= 0.3 is 5.97 Å². The van der Waals surface area contributed by atoms with E-state index < -0.39 is 5.97 Å². The van der Waals surface area contributed by atoms with E-state index >= 15 is 0 Å². The summed E-state index contributed by atoms with van der Waals surface area (Å²) in [6.07, 6.45) is 0. The number of carbonyl (C=O) groups is 1. The third-order valence-electron chi connectivity index (χ3n) is 3.03. The molecule has 0 atom stereocenters. The van der Waals surface area contributed by atoms with Crippen LogP contribution in [0.15, 0.2) is 42.5 Å². The number of methoxy groups -OCH3 is 1. The lowest BCUT2D eigenvalue weighted by Crippen LogP contribution is -2.02. The molecule has 0 aliphatic heterocycles. The second-order valence-corrected chi connectivity index (χ2v) is 4.40. The molecule has 0 spiro atoms. The summed E-state index contributed by atoms with van der Waals surface area (Å²) in [6.45, 7) is 0.109. The molecule has 2 rings (SSSR count). The maximum atomic E-state index is 10.8. The van der Waals surface area contributed by atoms with Crippen molar-refractivity contribution < 1.29 is 24.5 Å². The molecule has 0 radical (unpaired) electrons. The van der Waals surface area contributed by atoms with Gasteiger partial charge in [-0.05, 0) is 23.8 Å². The number of rotatable bonds is 6. The summed E-state index contributed by atoms with van der Waals surface area (Å²) in [4.78, 5) is 10.8. The van der Waals surface area contributed by atoms with Gasteiger partial charge in [0.15, 0.2) is 11.5 Å². The van der Waals surface area contributed by atoms with E-state index in [9.17, 15) is 9.90 Å². The zero-order valence-electron chi connectivity index (χ0n) is 11.6. The van der Waals surface area contributed by atoms with Crippen LogP contribution in [0.5, 0.6) is 11.5 Å². The van der Waals surface area contributed by atoms with Gasteiger partial charge in [0.05, 0.1) is 19.3 Å². The molecule has 2 N–H and O–H groups in total. The Labute approximate surface area is 122 Å². The van der Waals surface area contributed by atoms with Crippen LogP contribution in [0, 0.1) is 0 Å². The van der Waals surface area contributed by atoms with Crippen LogP contribution in [0.2, 0.25) is 0 Å². The maximum Gasteiger partial charge on any atom is 0.335 e. The standard InChI is InChI=1S/C16H16O5/c1-20-14-4-2-3-13(9-17)15(14)21-10-11-5-7-12(8-6-11)16(18)19/h2-8,17H,9-10H2,1H3,(H,18,19). The van der Waals surface area contributed by atoms with Gasteiger partial charge in [0.1, 0.15) is 6.61 Å². The molecule has 0 fully saturated rings. The quantitative estimate of drug-likeness (QED) is 0.854. The van der Waals surface area contributed by atoms with Crippen molar-refractivity contribution in [1.29, 1.82) is 0 Å². The largest absolute Gasteiger partial charge is 0.493 e. The fourth-order valence-electron chi connectivity index (χ4n) is 1.91. The molecule has 0 saturated carbocycles. The highest BCUT2D eigenvalue weighted by atomic mass is 16.5. The lowest BCUT2D eigenvalue weighted by atomic mass is 10.1. The van der Waals surface area contributed by atoms with Crippen LogP contribution in [0.25, 0.3) is 0 Å². The van der Waals surface area contributed by atoms with Gasteiger partial charge < -0.3 is 19.7 Å². The van der Waals surface area contributed by atoms with Crippen LogP contribution < -0.4 is 9.47 Å². The van der Waals surface area contributed by atoms with Crippen LogP contribution in [-0.2, 0) is 13.2 Å². The minimum atomic E-state index is -0.963. The molecule has 0 aliphatic carbocycles. The zero-order chi connectivity index (χ0) is 15.2. The number of carboxylic acid groups (broad SMARTS) is 1. The molecule has 5 nitrogen and oxygen atoms in total. The first-order valence-electron chi connectivity index (χ1n) is 6.37. The lowest BCUT2D eigenvalue weighted by molar-refractivity contribution is 0.0697. The smallest absolute Gasteiger partial charge is 0.335 e. The van der Waals surface area contributed by atoms with Crippen LogP contribution in [0.1, 0.15) is 21.5 Å². The average Bonchev–Trinajstić information content (AvgIpc) is 2.52. The summed E-state index contributed by atoms with van der Waals surface area (Å²) >= 11 is 0. The van der Waals surface area contributed by atoms with Crippen molar-refractivity contribution in [2.45, 2.75) is 13.2 Å². The molecule has 5 heteroatoms. The van der Waals surface area contributed by atoms with E-state index in [1.54, 1.807) is 30.3 Å². The van der Waals surface area contributed by atoms with Crippen molar-refractivity contribution in [1.82, 2.24) is 0 Å². The van der Waals surface area contributed by atoms with Crippen LogP contribution in [0.4, 0.5) is 0 Å². The van der Waals surface area contributed by atoms with Crippen LogP contribution in [0.3, 0.4) is 0 Å². The maximum absolute atomic E-state index is 10.8. The van der Waals surface area contributed by atoms with E-state index in [1.165, 1.54) is 19.2 Å². The molecule has 0 aromatic heterocycles. The molecule has 110 valence electrons. The van der Waals surface area contributed by atoms with E-state index in [0.717, 1.165) is 5.56 Å². The number of hydrogen-bond acceptors (Lipinski definition) is 4. The molecule has 0 unspecified atom stereocenters. The minimum absolute atomic E-state index is 0.148. The molecular formula is C16H16O5. The normalized spacial score (nSPS) is 10.2. The van der Waals surface area contributed by atoms with Gasteiger partial charge in [0.2, 0.25) is 0 Å². The molecular weight excluding hydrogens is 272 g/mol. The van der Waals surface area contributed by atoms with Crippen molar-refractivity contribution >= 4 is 5.97 Å². The molecule has 0 amide bonds. The first-order chi connectivity index (χ1) is 10.2. The third kappa shape index (κ3) is 3.52. The average molecular weight is 288 g/mol. The van der Waals surface area contributed by atoms with Crippen molar-refractivity contribution in [2.24, 2.45) is 0 Å². The van der Waals surface area contributed by atoms with E-state index in [1.807, 2.05) is 0 Å².